The highest BCUT2D eigenvalue weighted by molar-refractivity contribution is 6.06. The molecule has 0 spiro atoms. The lowest BCUT2D eigenvalue weighted by Gasteiger charge is -2.36. The summed E-state index contributed by atoms with van der Waals surface area (Å²) in [4.78, 5) is 75.4. The number of carbonyl (C=O) groups is 6. The number of hydrogen-bond acceptors (Lipinski definition) is 12. The second kappa shape index (κ2) is 28.8. The Morgan fingerprint density at radius 1 is 0.485 bits per heavy atom. The molecule has 0 N–H and O–H groups in total. The minimum atomic E-state index is -0.711. The molecule has 8 unspecified atom stereocenters. The first kappa shape index (κ1) is 70.9. The van der Waals surface area contributed by atoms with E-state index in [-0.39, 0.29) is 59.1 Å². The Morgan fingerprint density at radius 2 is 0.949 bits per heavy atom. The van der Waals surface area contributed by atoms with Gasteiger partial charge in [-0.3, -0.25) is 9.59 Å². The van der Waals surface area contributed by atoms with Gasteiger partial charge in [-0.2, -0.15) is 0 Å². The average Bonchev–Trinajstić information content (AvgIpc) is 1.55. The topological polar surface area (TPSA) is 158 Å². The molecule has 99 heavy (non-hydrogen) atoms. The molecule has 2 bridgehead atoms. The lowest BCUT2D eigenvalue weighted by atomic mass is 9.78. The number of carbonyl (C=O) groups excluding carboxylic acids is 6. The second-order valence-electron chi connectivity index (χ2n) is 30.1. The molecule has 12 nitrogen and oxygen atoms in total. The number of ether oxygens (including phenoxy) is 6. The van der Waals surface area contributed by atoms with Crippen LogP contribution in [0.15, 0.2) is 195 Å². The monoisotopic (exact) mass is 1330 g/mol. The minimum absolute atomic E-state index is 0.103. The van der Waals surface area contributed by atoms with E-state index in [2.05, 4.69) is 111 Å². The van der Waals surface area contributed by atoms with Crippen molar-refractivity contribution in [3.05, 3.63) is 262 Å². The lowest BCUT2D eigenvalue weighted by molar-refractivity contribution is -0.173. The van der Waals surface area contributed by atoms with Gasteiger partial charge in [0, 0.05) is 46.7 Å². The molecule has 7 aliphatic rings. The van der Waals surface area contributed by atoms with E-state index in [1.165, 1.54) is 44.5 Å². The first-order valence-electron chi connectivity index (χ1n) is 34.9. The van der Waals surface area contributed by atoms with E-state index < -0.39 is 52.4 Å². The number of aryl methyl sites for hydroxylation is 2. The average molecular weight is 1330 g/mol. The van der Waals surface area contributed by atoms with E-state index >= 15 is 0 Å². The van der Waals surface area contributed by atoms with Gasteiger partial charge in [-0.05, 0) is 212 Å². The van der Waals surface area contributed by atoms with Crippen molar-refractivity contribution in [3.8, 4) is 0 Å². The largest absolute Gasteiger partial charge is 0.459 e. The summed E-state index contributed by atoms with van der Waals surface area (Å²) in [5.74, 6) is -2.65. The number of fused-ring (bicyclic) bond motifs is 6. The number of hydrogen-bond donors (Lipinski definition) is 0. The van der Waals surface area contributed by atoms with Crippen LogP contribution in [0, 0.1) is 35.5 Å². The number of esters is 6. The predicted octanol–water partition coefficient (Wildman–Crippen LogP) is 17.5. The Hall–Kier alpha value is -9.42. The van der Waals surface area contributed by atoms with Gasteiger partial charge < -0.3 is 28.4 Å². The molecule has 8 atom stereocenters. The van der Waals surface area contributed by atoms with Crippen LogP contribution in [0.4, 0.5) is 0 Å². The number of rotatable bonds is 16. The summed E-state index contributed by atoms with van der Waals surface area (Å²) in [5.41, 5.74) is 12.4. The van der Waals surface area contributed by atoms with Crippen LogP contribution in [0.25, 0.3) is 22.9 Å². The minimum Gasteiger partial charge on any atom is -0.459 e. The highest BCUT2D eigenvalue weighted by Crippen LogP contribution is 2.60. The van der Waals surface area contributed by atoms with Crippen molar-refractivity contribution in [3.63, 3.8) is 0 Å². The maximum atomic E-state index is 13.4. The molecule has 1 heterocycles. The summed E-state index contributed by atoms with van der Waals surface area (Å²) in [7, 11) is 0. The summed E-state index contributed by atoms with van der Waals surface area (Å²) < 4.78 is 34.8. The van der Waals surface area contributed by atoms with Crippen LogP contribution in [0.3, 0.4) is 0 Å². The van der Waals surface area contributed by atoms with Crippen LogP contribution < -0.4 is 0 Å². The van der Waals surface area contributed by atoms with Crippen LogP contribution in [-0.2, 0) is 86.1 Å². The molecular weight excluding hydrogens is 1240 g/mol. The third-order valence-electron chi connectivity index (χ3n) is 22.0. The van der Waals surface area contributed by atoms with Crippen molar-refractivity contribution in [2.24, 2.45) is 35.5 Å². The van der Waals surface area contributed by atoms with E-state index in [0.29, 0.717) is 35.0 Å². The van der Waals surface area contributed by atoms with Gasteiger partial charge in [0.15, 0.2) is 0 Å². The van der Waals surface area contributed by atoms with Gasteiger partial charge >= 0.3 is 35.8 Å². The summed E-state index contributed by atoms with van der Waals surface area (Å²) in [6.07, 6.45) is 10.9. The first-order valence-corrected chi connectivity index (χ1v) is 34.9. The van der Waals surface area contributed by atoms with E-state index in [9.17, 15) is 28.8 Å². The zero-order chi connectivity index (χ0) is 70.9. The third kappa shape index (κ3) is 15.0. The second-order valence-corrected chi connectivity index (χ2v) is 30.1. The van der Waals surface area contributed by atoms with Crippen LogP contribution in [0.5, 0.6) is 0 Å². The first-order chi connectivity index (χ1) is 47.1. The Labute approximate surface area is 583 Å². The quantitative estimate of drug-likeness (QED) is 0.0513. The zero-order valence-corrected chi connectivity index (χ0v) is 59.0. The molecule has 1 aliphatic heterocycles. The maximum absolute atomic E-state index is 13.4. The van der Waals surface area contributed by atoms with E-state index in [1.807, 2.05) is 122 Å². The molecule has 6 aliphatic carbocycles. The van der Waals surface area contributed by atoms with Gasteiger partial charge in [-0.25, -0.2) is 19.2 Å². The smallest absolute Gasteiger partial charge is 0.339 e. The van der Waals surface area contributed by atoms with E-state index in [0.717, 1.165) is 73.3 Å². The highest BCUT2D eigenvalue weighted by atomic mass is 16.6. The summed E-state index contributed by atoms with van der Waals surface area (Å²) in [5, 5.41) is 1.92. The van der Waals surface area contributed by atoms with Crippen LogP contribution in [-0.4, -0.2) is 70.4 Å². The molecule has 0 aromatic heterocycles. The van der Waals surface area contributed by atoms with Crippen LogP contribution >= 0.6 is 0 Å². The predicted molar refractivity (Wildman–Crippen MR) is 388 cm³/mol. The molecular formula is C87H94O12. The molecule has 1 saturated heterocycles. The van der Waals surface area contributed by atoms with Crippen molar-refractivity contribution in [2.75, 3.05) is 0 Å². The Morgan fingerprint density at radius 3 is 1.45 bits per heavy atom. The summed E-state index contributed by atoms with van der Waals surface area (Å²) >= 11 is 0. The Bertz CT molecular complexity index is 4240. The van der Waals surface area contributed by atoms with Crippen molar-refractivity contribution in [1.29, 1.82) is 0 Å². The summed E-state index contributed by atoms with van der Waals surface area (Å²) in [6.45, 7) is 34.1. The highest BCUT2D eigenvalue weighted by Gasteiger charge is 2.70. The fourth-order valence-corrected chi connectivity index (χ4v) is 16.4. The number of benzene rings is 7. The SMILES string of the molecule is C=C(C)C(=O)OC(C)(C)C1Cc2ccccc2C1.C=C(C)C(=O)OC1C2CC3C1OC(=O)C3C2C(=O)OC(C)(C)C1CCc2ccccc21.C=Cc1ccc(C(=O)OC(C)(C)C2Cc3ccccc3C2)cc1.C=Cc1cccc2c(C(=O)OC(C)(C)C3CCc4ccccc43)cccc12. The molecule has 0 radical (unpaired) electrons. The molecule has 0 amide bonds. The molecule has 12 heteroatoms. The van der Waals surface area contributed by atoms with Crippen molar-refractivity contribution < 1.29 is 57.2 Å². The van der Waals surface area contributed by atoms with Gasteiger partial charge in [-0.15, -0.1) is 0 Å². The van der Waals surface area contributed by atoms with E-state index in [4.69, 9.17) is 28.4 Å². The molecule has 2 saturated carbocycles. The molecule has 7 aromatic carbocycles. The third-order valence-corrected chi connectivity index (χ3v) is 22.0. The fraction of sp³-hybridized carbons (Fsp3) is 0.379. The van der Waals surface area contributed by atoms with Crippen molar-refractivity contribution in [2.45, 2.75) is 173 Å². The van der Waals surface area contributed by atoms with Crippen LogP contribution in [0.2, 0.25) is 0 Å². The Balaban J connectivity index is 0.000000136. The van der Waals surface area contributed by atoms with Gasteiger partial charge in [0.05, 0.1) is 23.0 Å². The molecule has 14 rings (SSSR count). The van der Waals surface area contributed by atoms with Gasteiger partial charge in [0.2, 0.25) is 0 Å². The standard InChI is InChI=1S/C25H28O6.C25H24O2.C21H22O2.C16H20O2/c1-12(2)22(26)29-20-16-11-15-18(23(27)30-21(15)20)19(16)24(28)31-25(3,4)17-10-9-13-7-5-6-8-14(13)17;1-4-17-10-7-13-21-19(17)12-8-14-22(21)24(26)27-25(2,3)23-16-15-18-9-5-6-11-20(18)23;1-4-15-9-11-16(12-10-15)20(22)23-21(2,3)19-13-17-7-5-6-8-18(17)14-19;1-11(2)15(17)18-16(3,4)14-9-12-7-5-6-8-13(12)10-14/h5-8,15-21H,1,9-11H2,2-4H3;4-14,23H,1,15-16H2,2-3H3;4-12,19H,1,13-14H2,2-3H3;5-8,14H,1,9-10H2,2-4H3. The lowest BCUT2D eigenvalue weighted by Crippen LogP contribution is -2.46. The fourth-order valence-electron chi connectivity index (χ4n) is 16.4. The molecule has 7 aromatic rings. The normalized spacial score (nSPS) is 21.5. The maximum Gasteiger partial charge on any atom is 0.339 e. The van der Waals surface area contributed by atoms with Gasteiger partial charge in [0.1, 0.15) is 34.6 Å². The summed E-state index contributed by atoms with van der Waals surface area (Å²) in [6, 6.07) is 52.7. The zero-order valence-electron chi connectivity index (χ0n) is 59.0. The molecule has 514 valence electrons. The van der Waals surface area contributed by atoms with Gasteiger partial charge in [0.25, 0.3) is 0 Å². The van der Waals surface area contributed by atoms with Crippen molar-refractivity contribution in [1.82, 2.24) is 0 Å². The van der Waals surface area contributed by atoms with Crippen molar-refractivity contribution >= 4 is 58.7 Å². The molecule has 3 fully saturated rings. The van der Waals surface area contributed by atoms with Gasteiger partial charge in [-0.1, -0.05) is 178 Å². The van der Waals surface area contributed by atoms with Crippen LogP contribution in [0.1, 0.15) is 177 Å². The Kier molecular flexibility index (Phi) is 20.6. The van der Waals surface area contributed by atoms with E-state index in [1.54, 1.807) is 32.1 Å².